The zero-order valence-corrected chi connectivity index (χ0v) is 18.5. The normalized spacial score (nSPS) is 23.4. The molecule has 2 fully saturated rings. The smallest absolute Gasteiger partial charge is 1.00 e. The van der Waals surface area contributed by atoms with E-state index < -0.39 is 0 Å². The van der Waals surface area contributed by atoms with Gasteiger partial charge in [0, 0.05) is 0 Å². The molecule has 2 atom stereocenters. The molecule has 4 aliphatic rings. The van der Waals surface area contributed by atoms with Crippen LogP contribution in [0.25, 0.3) is 0 Å². The summed E-state index contributed by atoms with van der Waals surface area (Å²) in [6, 6.07) is 12.5. The summed E-state index contributed by atoms with van der Waals surface area (Å²) in [7, 11) is 0. The van der Waals surface area contributed by atoms with E-state index in [2.05, 4.69) is 55.4 Å². The second-order valence-corrected chi connectivity index (χ2v) is 6.70. The maximum atomic E-state index is 2.89. The Morgan fingerprint density at radius 2 is 1.27 bits per heavy atom. The number of rotatable bonds is 0. The van der Waals surface area contributed by atoms with Crippen LogP contribution in [0, 0.1) is 30.7 Å². The monoisotopic (exact) mass is 440 g/mol. The van der Waals surface area contributed by atoms with E-state index >= 15 is 0 Å². The van der Waals surface area contributed by atoms with E-state index in [1.807, 2.05) is 30.3 Å². The molecule has 2 saturated carbocycles. The van der Waals surface area contributed by atoms with Crippen molar-refractivity contribution in [1.82, 2.24) is 0 Å². The molecule has 2 unspecified atom stereocenters. The standard InChI is InChI=1S/2C9H11.C6H5.ClH.Zr/c2*1-2-5-9-7-3-6-8(9)4-1;1-2-4-6-5-3-1;;/h2*1-2,4,6,9H,3,5,7H2;1-5H;1H;/q3*-1;;+4/p-1. The predicted molar refractivity (Wildman–Crippen MR) is 103 cm³/mol. The average molecular weight is 442 g/mol. The van der Waals surface area contributed by atoms with E-state index in [4.69, 9.17) is 0 Å². The van der Waals surface area contributed by atoms with Gasteiger partial charge in [-0.2, -0.15) is 36.4 Å². The number of allylic oxidation sites excluding steroid dienone is 8. The molecule has 2 heteroatoms. The van der Waals surface area contributed by atoms with Gasteiger partial charge < -0.3 is 12.4 Å². The second-order valence-electron chi connectivity index (χ2n) is 6.70. The number of halogens is 1. The molecule has 0 radical (unpaired) electrons. The summed E-state index contributed by atoms with van der Waals surface area (Å²) < 4.78 is 0. The van der Waals surface area contributed by atoms with E-state index in [9.17, 15) is 0 Å². The number of hydrogen-bond donors (Lipinski definition) is 0. The summed E-state index contributed by atoms with van der Waals surface area (Å²) in [6.07, 6.45) is 26.1. The fourth-order valence-electron chi connectivity index (χ4n) is 3.67. The third-order valence-corrected chi connectivity index (χ3v) is 5.03. The van der Waals surface area contributed by atoms with Gasteiger partial charge in [-0.3, -0.25) is 0 Å². The maximum Gasteiger partial charge on any atom is 4.00 e. The van der Waals surface area contributed by atoms with E-state index in [0.29, 0.717) is 0 Å². The molecule has 1 aromatic carbocycles. The zero-order valence-electron chi connectivity index (χ0n) is 15.3. The van der Waals surface area contributed by atoms with Crippen LogP contribution >= 0.6 is 0 Å². The Kier molecular flexibility index (Phi) is 11.8. The van der Waals surface area contributed by atoms with Crippen molar-refractivity contribution in [2.75, 3.05) is 0 Å². The van der Waals surface area contributed by atoms with E-state index in [1.165, 1.54) is 38.5 Å². The molecule has 5 rings (SSSR count). The first-order valence-electron chi connectivity index (χ1n) is 9.24. The fourth-order valence-corrected chi connectivity index (χ4v) is 3.67. The molecule has 0 bridgehead atoms. The Labute approximate surface area is 185 Å². The minimum atomic E-state index is 0. The molecule has 0 saturated heterocycles. The van der Waals surface area contributed by atoms with Crippen LogP contribution in [0.15, 0.2) is 77.9 Å². The van der Waals surface area contributed by atoms with Crippen molar-refractivity contribution in [2.45, 2.75) is 38.5 Å². The summed E-state index contributed by atoms with van der Waals surface area (Å²) in [5, 5.41) is 0. The molecule has 0 nitrogen and oxygen atoms in total. The molecule has 0 spiro atoms. The Morgan fingerprint density at radius 3 is 1.62 bits per heavy atom. The molecular formula is C24H27ClZr. The van der Waals surface area contributed by atoms with Gasteiger partial charge in [-0.15, -0.1) is 37.1 Å². The Hall–Kier alpha value is -0.907. The van der Waals surface area contributed by atoms with Gasteiger partial charge in [-0.05, 0) is 24.7 Å². The second kappa shape index (κ2) is 13.3. The molecule has 0 aliphatic heterocycles. The van der Waals surface area contributed by atoms with Crippen LogP contribution in [-0.2, 0) is 26.2 Å². The van der Waals surface area contributed by atoms with Crippen LogP contribution < -0.4 is 12.4 Å². The topological polar surface area (TPSA) is 0 Å². The maximum absolute atomic E-state index is 2.89. The molecule has 0 amide bonds. The molecule has 134 valence electrons. The van der Waals surface area contributed by atoms with Crippen LogP contribution in [0.1, 0.15) is 38.5 Å². The Bertz CT molecular complexity index is 546. The minimum absolute atomic E-state index is 0. The van der Waals surface area contributed by atoms with E-state index in [1.54, 1.807) is 11.1 Å². The summed E-state index contributed by atoms with van der Waals surface area (Å²) in [6.45, 7) is 0. The van der Waals surface area contributed by atoms with Crippen molar-refractivity contribution in [3.8, 4) is 0 Å². The quantitative estimate of drug-likeness (QED) is 0.541. The van der Waals surface area contributed by atoms with Gasteiger partial charge in [0.15, 0.2) is 0 Å². The summed E-state index contributed by atoms with van der Waals surface area (Å²) >= 11 is 0. The molecule has 1 aromatic rings. The van der Waals surface area contributed by atoms with Crippen molar-refractivity contribution in [3.63, 3.8) is 0 Å². The molecule has 0 aromatic heterocycles. The first-order valence-corrected chi connectivity index (χ1v) is 9.24. The number of hydrogen-bond acceptors (Lipinski definition) is 0. The fraction of sp³-hybridized carbons (Fsp3) is 0.333. The summed E-state index contributed by atoms with van der Waals surface area (Å²) in [5.41, 5.74) is 3.16. The van der Waals surface area contributed by atoms with Crippen molar-refractivity contribution in [1.29, 1.82) is 0 Å². The Morgan fingerprint density at radius 1 is 0.769 bits per heavy atom. The van der Waals surface area contributed by atoms with E-state index in [-0.39, 0.29) is 38.6 Å². The first kappa shape index (κ1) is 23.1. The number of fused-ring (bicyclic) bond motifs is 2. The largest absolute Gasteiger partial charge is 4.00 e. The molecule has 26 heavy (non-hydrogen) atoms. The molecular weight excluding hydrogens is 415 g/mol. The van der Waals surface area contributed by atoms with Gasteiger partial charge >= 0.3 is 26.2 Å². The van der Waals surface area contributed by atoms with Crippen LogP contribution in [0.2, 0.25) is 0 Å². The zero-order chi connectivity index (χ0) is 16.5. The van der Waals surface area contributed by atoms with E-state index in [0.717, 1.165) is 11.8 Å². The predicted octanol–water partition coefficient (Wildman–Crippen LogP) is 3.46. The van der Waals surface area contributed by atoms with Crippen molar-refractivity contribution in [3.05, 3.63) is 96.8 Å². The van der Waals surface area contributed by atoms with Crippen molar-refractivity contribution < 1.29 is 38.6 Å². The third-order valence-electron chi connectivity index (χ3n) is 5.03. The van der Waals surface area contributed by atoms with Gasteiger partial charge in [0.1, 0.15) is 0 Å². The molecule has 4 aliphatic carbocycles. The minimum Gasteiger partial charge on any atom is -1.00 e. The summed E-state index contributed by atoms with van der Waals surface area (Å²) in [5.74, 6) is 1.77. The molecule has 0 heterocycles. The van der Waals surface area contributed by atoms with Crippen molar-refractivity contribution >= 4 is 0 Å². The third kappa shape index (κ3) is 7.38. The van der Waals surface area contributed by atoms with Crippen LogP contribution in [0.3, 0.4) is 0 Å². The van der Waals surface area contributed by atoms with Gasteiger partial charge in [0.05, 0.1) is 0 Å². The average Bonchev–Trinajstić information content (AvgIpc) is 3.33. The Balaban J connectivity index is 0.000000192. The van der Waals surface area contributed by atoms with Crippen LogP contribution in [-0.4, -0.2) is 0 Å². The van der Waals surface area contributed by atoms with Gasteiger partial charge in [0.2, 0.25) is 0 Å². The van der Waals surface area contributed by atoms with Crippen LogP contribution in [0.4, 0.5) is 0 Å². The van der Waals surface area contributed by atoms with Gasteiger partial charge in [-0.25, -0.2) is 36.1 Å². The van der Waals surface area contributed by atoms with Crippen molar-refractivity contribution in [2.24, 2.45) is 11.8 Å². The van der Waals surface area contributed by atoms with Gasteiger partial charge in [0.25, 0.3) is 0 Å². The van der Waals surface area contributed by atoms with Crippen LogP contribution in [0.5, 0.6) is 0 Å². The van der Waals surface area contributed by atoms with Gasteiger partial charge in [-0.1, -0.05) is 12.8 Å². The first-order chi connectivity index (χ1) is 11.9. The summed E-state index contributed by atoms with van der Waals surface area (Å²) in [4.78, 5) is 0. The molecule has 0 N–H and O–H groups in total. The SMILES string of the molecule is C1=CCC2CC[CH-]C2=C1.C1=CCC2CC[CH-]C2=C1.[Cl-].[Zr+4].[c-]1ccccc1. The number of benzene rings is 1.